The zero-order valence-corrected chi connectivity index (χ0v) is 11.9. The molecular formula is C12H26O2Si. The summed E-state index contributed by atoms with van der Waals surface area (Å²) in [6, 6.07) is 0. The highest BCUT2D eigenvalue weighted by molar-refractivity contribution is 6.49. The normalized spacial score (nSPS) is 15.3. The first kappa shape index (κ1) is 14.9. The second-order valence-corrected chi connectivity index (χ2v) is 6.79. The van der Waals surface area contributed by atoms with Gasteiger partial charge < -0.3 is 8.85 Å². The van der Waals surface area contributed by atoms with Gasteiger partial charge in [-0.1, -0.05) is 33.8 Å². The van der Waals surface area contributed by atoms with Crippen molar-refractivity contribution in [3.05, 3.63) is 12.7 Å². The second-order valence-electron chi connectivity index (χ2n) is 4.14. The van der Waals surface area contributed by atoms with Crippen molar-refractivity contribution in [1.29, 1.82) is 0 Å². The van der Waals surface area contributed by atoms with Crippen LogP contribution in [0.2, 0.25) is 5.04 Å². The summed E-state index contributed by atoms with van der Waals surface area (Å²) in [5.41, 5.74) is 0. The molecule has 2 nitrogen and oxygen atoms in total. The number of rotatable bonds is 9. The Morgan fingerprint density at radius 3 is 1.87 bits per heavy atom. The van der Waals surface area contributed by atoms with E-state index in [-0.39, 0.29) is 5.04 Å². The highest BCUT2D eigenvalue weighted by atomic mass is 28.3. The molecule has 0 radical (unpaired) electrons. The van der Waals surface area contributed by atoms with Crippen LogP contribution < -0.4 is 0 Å². The van der Waals surface area contributed by atoms with E-state index in [1.54, 1.807) is 0 Å². The van der Waals surface area contributed by atoms with E-state index in [0.717, 1.165) is 32.5 Å². The molecule has 0 spiro atoms. The van der Waals surface area contributed by atoms with Crippen LogP contribution in [-0.4, -0.2) is 22.5 Å². The van der Waals surface area contributed by atoms with Gasteiger partial charge in [0.2, 0.25) is 0 Å². The summed E-state index contributed by atoms with van der Waals surface area (Å²) in [6.07, 6.45) is 5.15. The predicted octanol–water partition coefficient (Wildman–Crippen LogP) is 3.42. The molecule has 0 N–H and O–H groups in total. The van der Waals surface area contributed by atoms with Crippen molar-refractivity contribution >= 4 is 9.28 Å². The zero-order valence-electron chi connectivity index (χ0n) is 10.7. The first-order chi connectivity index (χ1) is 7.14. The number of hydrogen-bond acceptors (Lipinski definition) is 2. The first-order valence-corrected chi connectivity index (χ1v) is 7.53. The van der Waals surface area contributed by atoms with Gasteiger partial charge in [0.15, 0.2) is 0 Å². The van der Waals surface area contributed by atoms with E-state index >= 15 is 0 Å². The van der Waals surface area contributed by atoms with E-state index in [9.17, 15) is 0 Å². The largest absolute Gasteiger partial charge is 0.396 e. The van der Waals surface area contributed by atoms with Crippen LogP contribution >= 0.6 is 0 Å². The van der Waals surface area contributed by atoms with E-state index < -0.39 is 9.28 Å². The van der Waals surface area contributed by atoms with Gasteiger partial charge in [0.25, 0.3) is 0 Å². The summed E-state index contributed by atoms with van der Waals surface area (Å²) in [5, 5.41) is 0.0599. The van der Waals surface area contributed by atoms with Crippen LogP contribution in [0.4, 0.5) is 0 Å². The Kier molecular flexibility index (Phi) is 8.01. The van der Waals surface area contributed by atoms with Gasteiger partial charge in [0, 0.05) is 18.3 Å². The molecule has 0 heterocycles. The van der Waals surface area contributed by atoms with Gasteiger partial charge >= 0.3 is 9.28 Å². The summed E-state index contributed by atoms with van der Waals surface area (Å²) >= 11 is 0. The van der Waals surface area contributed by atoms with Crippen LogP contribution in [0.25, 0.3) is 0 Å². The second kappa shape index (κ2) is 8.08. The smallest absolute Gasteiger partial charge is 0.331 e. The lowest BCUT2D eigenvalue weighted by Gasteiger charge is -2.31. The minimum atomic E-state index is -1.62. The van der Waals surface area contributed by atoms with Gasteiger partial charge in [0.05, 0.1) is 0 Å². The third kappa shape index (κ3) is 4.95. The standard InChI is InChI=1S/C12H26O2Si/c1-6-10-13-15(14-11-7-2)12(5,8-3)9-4/h8,15H,3,6-7,9-11H2,1-2,4-5H3. The molecule has 0 aromatic rings. The first-order valence-electron chi connectivity index (χ1n) is 6.01. The molecular weight excluding hydrogens is 204 g/mol. The lowest BCUT2D eigenvalue weighted by atomic mass is 10.1. The van der Waals surface area contributed by atoms with Gasteiger partial charge in [-0.3, -0.25) is 0 Å². The highest BCUT2D eigenvalue weighted by Gasteiger charge is 2.34. The molecule has 1 atom stereocenters. The molecule has 1 unspecified atom stereocenters. The van der Waals surface area contributed by atoms with Crippen LogP contribution in [-0.2, 0) is 8.85 Å². The van der Waals surface area contributed by atoms with E-state index in [1.807, 2.05) is 6.08 Å². The fourth-order valence-corrected chi connectivity index (χ4v) is 3.57. The Morgan fingerprint density at radius 2 is 1.60 bits per heavy atom. The summed E-state index contributed by atoms with van der Waals surface area (Å²) < 4.78 is 11.8. The van der Waals surface area contributed by atoms with E-state index in [0.29, 0.717) is 0 Å². The van der Waals surface area contributed by atoms with Crippen molar-refractivity contribution in [1.82, 2.24) is 0 Å². The minimum absolute atomic E-state index is 0.0599. The Balaban J connectivity index is 4.36. The number of hydrogen-bond donors (Lipinski definition) is 0. The molecule has 0 aromatic heterocycles. The quantitative estimate of drug-likeness (QED) is 0.446. The van der Waals surface area contributed by atoms with E-state index in [4.69, 9.17) is 8.85 Å². The molecule has 0 amide bonds. The molecule has 0 aliphatic rings. The number of allylic oxidation sites excluding steroid dienone is 1. The van der Waals surface area contributed by atoms with Gasteiger partial charge in [-0.25, -0.2) is 0 Å². The SMILES string of the molecule is C=CC(C)(CC)[SiH](OCCC)OCCC. The summed E-state index contributed by atoms with van der Waals surface area (Å²) in [7, 11) is -1.62. The molecule has 0 aromatic carbocycles. The average Bonchev–Trinajstić information content (AvgIpc) is 2.28. The van der Waals surface area contributed by atoms with Crippen molar-refractivity contribution in [2.75, 3.05) is 13.2 Å². The van der Waals surface area contributed by atoms with Crippen LogP contribution in [0.3, 0.4) is 0 Å². The Labute approximate surface area is 96.5 Å². The maximum absolute atomic E-state index is 5.89. The predicted molar refractivity (Wildman–Crippen MR) is 68.5 cm³/mol. The molecule has 0 aliphatic carbocycles. The lowest BCUT2D eigenvalue weighted by molar-refractivity contribution is 0.178. The minimum Gasteiger partial charge on any atom is -0.396 e. The summed E-state index contributed by atoms with van der Waals surface area (Å²) in [4.78, 5) is 0. The third-order valence-electron chi connectivity index (χ3n) is 2.71. The fraction of sp³-hybridized carbons (Fsp3) is 0.833. The lowest BCUT2D eigenvalue weighted by Crippen LogP contribution is -2.35. The molecule has 0 rings (SSSR count). The van der Waals surface area contributed by atoms with Gasteiger partial charge in [-0.15, -0.1) is 6.58 Å². The summed E-state index contributed by atoms with van der Waals surface area (Å²) in [6.45, 7) is 14.2. The molecule has 90 valence electrons. The van der Waals surface area contributed by atoms with Crippen molar-refractivity contribution in [2.24, 2.45) is 0 Å². The van der Waals surface area contributed by atoms with Crippen LogP contribution in [0.15, 0.2) is 12.7 Å². The van der Waals surface area contributed by atoms with Crippen LogP contribution in [0, 0.1) is 0 Å². The Morgan fingerprint density at radius 1 is 1.13 bits per heavy atom. The van der Waals surface area contributed by atoms with Gasteiger partial charge in [0.1, 0.15) is 0 Å². The third-order valence-corrected chi connectivity index (χ3v) is 5.51. The van der Waals surface area contributed by atoms with E-state index in [2.05, 4.69) is 34.3 Å². The maximum atomic E-state index is 5.89. The van der Waals surface area contributed by atoms with Crippen molar-refractivity contribution < 1.29 is 8.85 Å². The highest BCUT2D eigenvalue weighted by Crippen LogP contribution is 2.35. The Hall–Kier alpha value is -0.123. The molecule has 3 heteroatoms. The molecule has 0 aliphatic heterocycles. The van der Waals surface area contributed by atoms with Gasteiger partial charge in [-0.2, -0.15) is 0 Å². The molecule has 0 bridgehead atoms. The van der Waals surface area contributed by atoms with E-state index in [1.165, 1.54) is 0 Å². The molecule has 0 fully saturated rings. The summed E-state index contributed by atoms with van der Waals surface area (Å²) in [5.74, 6) is 0. The topological polar surface area (TPSA) is 18.5 Å². The Bertz CT molecular complexity index is 165. The van der Waals surface area contributed by atoms with Crippen molar-refractivity contribution in [3.8, 4) is 0 Å². The molecule has 0 saturated carbocycles. The van der Waals surface area contributed by atoms with Gasteiger partial charge in [-0.05, 0) is 19.3 Å². The average molecular weight is 230 g/mol. The van der Waals surface area contributed by atoms with Crippen molar-refractivity contribution in [3.63, 3.8) is 0 Å². The van der Waals surface area contributed by atoms with Crippen molar-refractivity contribution in [2.45, 2.75) is 52.0 Å². The van der Waals surface area contributed by atoms with Crippen LogP contribution in [0.5, 0.6) is 0 Å². The van der Waals surface area contributed by atoms with Crippen LogP contribution in [0.1, 0.15) is 47.0 Å². The molecule has 0 saturated heterocycles. The zero-order chi connectivity index (χ0) is 11.7. The monoisotopic (exact) mass is 230 g/mol. The molecule has 15 heavy (non-hydrogen) atoms. The fourth-order valence-electron chi connectivity index (χ4n) is 1.29. The maximum Gasteiger partial charge on any atom is 0.331 e.